The Balaban J connectivity index is 2.83. The Morgan fingerprint density at radius 1 is 1.62 bits per heavy atom. The summed E-state index contributed by atoms with van der Waals surface area (Å²) in [7, 11) is 1.59. The van der Waals surface area contributed by atoms with Gasteiger partial charge in [0.1, 0.15) is 5.75 Å². The summed E-state index contributed by atoms with van der Waals surface area (Å²) >= 11 is 0. The highest BCUT2D eigenvalue weighted by molar-refractivity contribution is 5.30. The van der Waals surface area contributed by atoms with E-state index in [-0.39, 0.29) is 0 Å². The van der Waals surface area contributed by atoms with Gasteiger partial charge in [-0.25, -0.2) is 0 Å². The predicted octanol–water partition coefficient (Wildman–Crippen LogP) is 1.75. The molecule has 0 aliphatic carbocycles. The summed E-state index contributed by atoms with van der Waals surface area (Å²) in [5.41, 5.74) is 0.789. The molecule has 0 unspecified atom stereocenters. The van der Waals surface area contributed by atoms with Crippen LogP contribution in [0.4, 0.5) is 0 Å². The number of benzene rings is 1. The number of ether oxygens (including phenoxy) is 1. The van der Waals surface area contributed by atoms with Crippen molar-refractivity contribution in [1.29, 1.82) is 0 Å². The van der Waals surface area contributed by atoms with Gasteiger partial charge in [-0.15, -0.1) is 12.3 Å². The molecule has 0 bridgehead atoms. The summed E-state index contributed by atoms with van der Waals surface area (Å²) in [6.45, 7) is 0. The summed E-state index contributed by atoms with van der Waals surface area (Å²) in [5.74, 6) is 3.14. The van der Waals surface area contributed by atoms with Crippen LogP contribution in [-0.4, -0.2) is 12.2 Å². The topological polar surface area (TPSA) is 29.5 Å². The molecule has 1 aromatic carbocycles. The molecule has 0 fully saturated rings. The number of rotatable bonds is 3. The second-order valence-corrected chi connectivity index (χ2v) is 2.70. The Morgan fingerprint density at radius 2 is 2.38 bits per heavy atom. The maximum atomic E-state index is 9.54. The van der Waals surface area contributed by atoms with Crippen LogP contribution in [0.5, 0.6) is 5.75 Å². The van der Waals surface area contributed by atoms with E-state index in [9.17, 15) is 5.11 Å². The molecule has 1 aromatic rings. The zero-order chi connectivity index (χ0) is 9.68. The Labute approximate surface area is 78.2 Å². The second-order valence-electron chi connectivity index (χ2n) is 2.70. The fraction of sp³-hybridized carbons (Fsp3) is 0.273. The maximum Gasteiger partial charge on any atom is 0.119 e. The van der Waals surface area contributed by atoms with E-state index in [1.54, 1.807) is 13.2 Å². The Morgan fingerprint density at radius 3 is 3.00 bits per heavy atom. The molecule has 0 spiro atoms. The number of aliphatic hydroxyl groups is 1. The van der Waals surface area contributed by atoms with E-state index in [1.807, 2.05) is 18.2 Å². The summed E-state index contributed by atoms with van der Waals surface area (Å²) in [5, 5.41) is 9.54. The summed E-state index contributed by atoms with van der Waals surface area (Å²) in [4.78, 5) is 0. The van der Waals surface area contributed by atoms with Gasteiger partial charge in [-0.3, -0.25) is 0 Å². The van der Waals surface area contributed by atoms with Crippen molar-refractivity contribution < 1.29 is 9.84 Å². The van der Waals surface area contributed by atoms with Crippen molar-refractivity contribution in [2.24, 2.45) is 0 Å². The first kappa shape index (κ1) is 9.63. The van der Waals surface area contributed by atoms with E-state index < -0.39 is 6.10 Å². The van der Waals surface area contributed by atoms with E-state index in [2.05, 4.69) is 5.92 Å². The highest BCUT2D eigenvalue weighted by atomic mass is 16.5. The minimum absolute atomic E-state index is 0.327. The van der Waals surface area contributed by atoms with E-state index in [0.717, 1.165) is 11.3 Å². The Bertz CT molecular complexity index is 312. The van der Waals surface area contributed by atoms with Crippen LogP contribution in [0, 0.1) is 12.3 Å². The van der Waals surface area contributed by atoms with Crippen LogP contribution in [0.25, 0.3) is 0 Å². The van der Waals surface area contributed by atoms with Gasteiger partial charge in [0.05, 0.1) is 13.2 Å². The van der Waals surface area contributed by atoms with E-state index in [4.69, 9.17) is 11.2 Å². The normalized spacial score (nSPS) is 11.8. The van der Waals surface area contributed by atoms with Gasteiger partial charge in [-0.05, 0) is 17.7 Å². The van der Waals surface area contributed by atoms with Crippen LogP contribution in [0.2, 0.25) is 0 Å². The molecule has 0 aliphatic heterocycles. The van der Waals surface area contributed by atoms with Crippen molar-refractivity contribution in [2.45, 2.75) is 12.5 Å². The average molecular weight is 176 g/mol. The van der Waals surface area contributed by atoms with Crippen molar-refractivity contribution >= 4 is 0 Å². The molecule has 0 saturated carbocycles. The van der Waals surface area contributed by atoms with Gasteiger partial charge < -0.3 is 9.84 Å². The molecule has 2 heteroatoms. The van der Waals surface area contributed by atoms with Crippen molar-refractivity contribution in [2.75, 3.05) is 7.11 Å². The molecular formula is C11H12O2. The number of terminal acetylenes is 1. The first-order valence-electron chi connectivity index (χ1n) is 4.03. The summed E-state index contributed by atoms with van der Waals surface area (Å²) in [6.07, 6.45) is 4.83. The Hall–Kier alpha value is -1.46. The first-order chi connectivity index (χ1) is 6.27. The van der Waals surface area contributed by atoms with Gasteiger partial charge >= 0.3 is 0 Å². The minimum atomic E-state index is -0.597. The third kappa shape index (κ3) is 2.50. The summed E-state index contributed by atoms with van der Waals surface area (Å²) < 4.78 is 5.02. The lowest BCUT2D eigenvalue weighted by Crippen LogP contribution is -1.96. The average Bonchev–Trinajstić information content (AvgIpc) is 2.18. The third-order valence-electron chi connectivity index (χ3n) is 1.79. The molecule has 13 heavy (non-hydrogen) atoms. The van der Waals surface area contributed by atoms with E-state index in [0.29, 0.717) is 6.42 Å². The molecule has 0 heterocycles. The van der Waals surface area contributed by atoms with Gasteiger partial charge in [-0.2, -0.15) is 0 Å². The van der Waals surface area contributed by atoms with Crippen LogP contribution >= 0.6 is 0 Å². The lowest BCUT2D eigenvalue weighted by molar-refractivity contribution is 0.183. The molecule has 0 aliphatic rings. The summed E-state index contributed by atoms with van der Waals surface area (Å²) in [6, 6.07) is 7.26. The number of methoxy groups -OCH3 is 1. The molecule has 2 nitrogen and oxygen atoms in total. The Kier molecular flexibility index (Phi) is 3.36. The van der Waals surface area contributed by atoms with Gasteiger partial charge in [0.25, 0.3) is 0 Å². The molecule has 0 saturated heterocycles. The molecule has 68 valence electrons. The monoisotopic (exact) mass is 176 g/mol. The first-order valence-corrected chi connectivity index (χ1v) is 4.03. The van der Waals surface area contributed by atoms with Crippen LogP contribution < -0.4 is 4.74 Å². The lowest BCUT2D eigenvalue weighted by atomic mass is 10.1. The quantitative estimate of drug-likeness (QED) is 0.711. The van der Waals surface area contributed by atoms with Gasteiger partial charge in [-0.1, -0.05) is 12.1 Å². The van der Waals surface area contributed by atoms with Crippen LogP contribution in [0.3, 0.4) is 0 Å². The minimum Gasteiger partial charge on any atom is -0.497 e. The largest absolute Gasteiger partial charge is 0.497 e. The predicted molar refractivity (Wildman–Crippen MR) is 51.4 cm³/mol. The smallest absolute Gasteiger partial charge is 0.119 e. The molecule has 1 N–H and O–H groups in total. The van der Waals surface area contributed by atoms with Crippen molar-refractivity contribution in [3.05, 3.63) is 29.8 Å². The molecular weight excluding hydrogens is 164 g/mol. The molecule has 1 rings (SSSR count). The standard InChI is InChI=1S/C11H12O2/c1-3-5-11(12)9-6-4-7-10(8-9)13-2/h1,4,6-8,11-12H,5H2,2H3/t11-/m1/s1. The van der Waals surface area contributed by atoms with E-state index >= 15 is 0 Å². The van der Waals surface area contributed by atoms with Crippen molar-refractivity contribution in [3.63, 3.8) is 0 Å². The molecule has 0 radical (unpaired) electrons. The third-order valence-corrected chi connectivity index (χ3v) is 1.79. The van der Waals surface area contributed by atoms with Crippen LogP contribution in [0.15, 0.2) is 24.3 Å². The van der Waals surface area contributed by atoms with Gasteiger partial charge in [0, 0.05) is 6.42 Å². The second kappa shape index (κ2) is 4.54. The number of aliphatic hydroxyl groups excluding tert-OH is 1. The number of hydrogen-bond acceptors (Lipinski definition) is 2. The molecule has 0 aromatic heterocycles. The van der Waals surface area contributed by atoms with Crippen molar-refractivity contribution in [1.82, 2.24) is 0 Å². The fourth-order valence-electron chi connectivity index (χ4n) is 1.08. The van der Waals surface area contributed by atoms with Gasteiger partial charge in [0.15, 0.2) is 0 Å². The molecule has 0 amide bonds. The lowest BCUT2D eigenvalue weighted by Gasteiger charge is -2.08. The van der Waals surface area contributed by atoms with Crippen LogP contribution in [0.1, 0.15) is 18.1 Å². The van der Waals surface area contributed by atoms with Crippen molar-refractivity contribution in [3.8, 4) is 18.1 Å². The van der Waals surface area contributed by atoms with E-state index in [1.165, 1.54) is 0 Å². The highest BCUT2D eigenvalue weighted by Gasteiger charge is 2.05. The number of hydrogen-bond donors (Lipinski definition) is 1. The fourth-order valence-corrected chi connectivity index (χ4v) is 1.08. The SMILES string of the molecule is C#CC[C@@H](O)c1cccc(OC)c1. The molecule has 1 atom stereocenters. The maximum absolute atomic E-state index is 9.54. The van der Waals surface area contributed by atoms with Gasteiger partial charge in [0.2, 0.25) is 0 Å². The zero-order valence-corrected chi connectivity index (χ0v) is 7.53. The highest BCUT2D eigenvalue weighted by Crippen LogP contribution is 2.20. The zero-order valence-electron chi connectivity index (χ0n) is 7.53. The van der Waals surface area contributed by atoms with Crippen LogP contribution in [-0.2, 0) is 0 Å².